The van der Waals surface area contributed by atoms with Crippen molar-refractivity contribution in [3.8, 4) is 0 Å². The average Bonchev–Trinajstić information content (AvgIpc) is 2.31. The molecule has 94 valence electrons. The zero-order valence-corrected chi connectivity index (χ0v) is 10.6. The number of carbonyl (C=O) groups is 1. The molecule has 0 bridgehead atoms. The van der Waals surface area contributed by atoms with Gasteiger partial charge in [-0.1, -0.05) is 37.5 Å². The van der Waals surface area contributed by atoms with Crippen molar-refractivity contribution in [1.29, 1.82) is 0 Å². The van der Waals surface area contributed by atoms with Crippen molar-refractivity contribution in [3.05, 3.63) is 30.3 Å². The molecule has 1 aliphatic carbocycles. The maximum atomic E-state index is 12.1. The van der Waals surface area contributed by atoms with Gasteiger partial charge in [-0.05, 0) is 25.0 Å². The van der Waals surface area contributed by atoms with Gasteiger partial charge in [0, 0.05) is 5.69 Å². The highest BCUT2D eigenvalue weighted by atomic mass is 35.5. The first-order valence-electron chi connectivity index (χ1n) is 5.86. The molecule has 1 aliphatic rings. The molecule has 0 atom stereocenters. The van der Waals surface area contributed by atoms with Gasteiger partial charge in [0.15, 0.2) is 0 Å². The Bertz CT molecular complexity index is 361. The zero-order chi connectivity index (χ0) is 11.4. The molecule has 0 unspecified atom stereocenters. The van der Waals surface area contributed by atoms with E-state index in [4.69, 9.17) is 5.73 Å². The Morgan fingerprint density at radius 3 is 2.29 bits per heavy atom. The summed E-state index contributed by atoms with van der Waals surface area (Å²) < 4.78 is 0. The van der Waals surface area contributed by atoms with Gasteiger partial charge in [0.05, 0.1) is 5.54 Å². The smallest absolute Gasteiger partial charge is 0.244 e. The van der Waals surface area contributed by atoms with Crippen LogP contribution in [-0.4, -0.2) is 11.4 Å². The minimum absolute atomic E-state index is 0. The minimum Gasteiger partial charge on any atom is -0.324 e. The summed E-state index contributed by atoms with van der Waals surface area (Å²) in [6, 6.07) is 9.49. The summed E-state index contributed by atoms with van der Waals surface area (Å²) in [6.45, 7) is 0. The number of hydrogen-bond donors (Lipinski definition) is 2. The molecular formula is C13H19ClN2O. The highest BCUT2D eigenvalue weighted by molar-refractivity contribution is 5.97. The molecule has 0 radical (unpaired) electrons. The molecule has 0 heterocycles. The monoisotopic (exact) mass is 254 g/mol. The molecule has 4 heteroatoms. The molecular weight excluding hydrogens is 236 g/mol. The fourth-order valence-corrected chi connectivity index (χ4v) is 2.19. The van der Waals surface area contributed by atoms with E-state index in [0.717, 1.165) is 31.4 Å². The standard InChI is InChI=1S/C13H18N2O.ClH/c14-13(9-5-2-6-10-13)12(16)15-11-7-3-1-4-8-11;/h1,3-4,7-8H,2,5-6,9-10,14H2,(H,15,16);1H. The number of nitrogens with two attached hydrogens (primary N) is 1. The van der Waals surface area contributed by atoms with Crippen LogP contribution in [0.5, 0.6) is 0 Å². The lowest BCUT2D eigenvalue weighted by Gasteiger charge is -2.31. The van der Waals surface area contributed by atoms with Crippen LogP contribution in [0.2, 0.25) is 0 Å². The lowest BCUT2D eigenvalue weighted by atomic mass is 9.82. The SMILES string of the molecule is Cl.NC1(C(=O)Nc2ccccc2)CCCCC1. The summed E-state index contributed by atoms with van der Waals surface area (Å²) in [4.78, 5) is 12.1. The van der Waals surface area contributed by atoms with E-state index in [-0.39, 0.29) is 18.3 Å². The Hall–Kier alpha value is -1.06. The van der Waals surface area contributed by atoms with Crippen LogP contribution in [0.4, 0.5) is 5.69 Å². The van der Waals surface area contributed by atoms with Crippen LogP contribution in [0.1, 0.15) is 32.1 Å². The molecule has 0 spiro atoms. The number of halogens is 1. The third-order valence-corrected chi connectivity index (χ3v) is 3.23. The molecule has 0 aliphatic heterocycles. The molecule has 1 aromatic rings. The van der Waals surface area contributed by atoms with Gasteiger partial charge in [-0.2, -0.15) is 0 Å². The molecule has 3 nitrogen and oxygen atoms in total. The molecule has 1 saturated carbocycles. The van der Waals surface area contributed by atoms with Gasteiger partial charge in [-0.25, -0.2) is 0 Å². The van der Waals surface area contributed by atoms with Crippen LogP contribution in [0.3, 0.4) is 0 Å². The number of nitrogens with one attached hydrogen (secondary N) is 1. The summed E-state index contributed by atoms with van der Waals surface area (Å²) in [6.07, 6.45) is 4.90. The second kappa shape index (κ2) is 6.03. The number of para-hydroxylation sites is 1. The molecule has 17 heavy (non-hydrogen) atoms. The summed E-state index contributed by atoms with van der Waals surface area (Å²) >= 11 is 0. The van der Waals surface area contributed by atoms with Crippen LogP contribution in [0.25, 0.3) is 0 Å². The highest BCUT2D eigenvalue weighted by Crippen LogP contribution is 2.27. The Labute approximate surface area is 108 Å². The molecule has 1 fully saturated rings. The number of hydrogen-bond acceptors (Lipinski definition) is 2. The van der Waals surface area contributed by atoms with Crippen LogP contribution in [-0.2, 0) is 4.79 Å². The number of rotatable bonds is 2. The van der Waals surface area contributed by atoms with Gasteiger partial charge in [0.1, 0.15) is 0 Å². The van der Waals surface area contributed by atoms with Gasteiger partial charge in [-0.15, -0.1) is 12.4 Å². The lowest BCUT2D eigenvalue weighted by Crippen LogP contribution is -2.52. The van der Waals surface area contributed by atoms with Crippen molar-refractivity contribution in [2.24, 2.45) is 5.73 Å². The molecule has 2 rings (SSSR count). The van der Waals surface area contributed by atoms with Crippen molar-refractivity contribution in [2.45, 2.75) is 37.6 Å². The van der Waals surface area contributed by atoms with Gasteiger partial charge < -0.3 is 11.1 Å². The summed E-state index contributed by atoms with van der Waals surface area (Å²) in [5.41, 5.74) is 6.30. The second-order valence-electron chi connectivity index (χ2n) is 4.54. The van der Waals surface area contributed by atoms with E-state index in [1.54, 1.807) is 0 Å². The number of amides is 1. The van der Waals surface area contributed by atoms with E-state index >= 15 is 0 Å². The summed E-state index contributed by atoms with van der Waals surface area (Å²) in [5.74, 6) is -0.0431. The Kier molecular flexibility index (Phi) is 4.97. The molecule has 1 aromatic carbocycles. The van der Waals surface area contributed by atoms with Crippen molar-refractivity contribution in [1.82, 2.24) is 0 Å². The quantitative estimate of drug-likeness (QED) is 0.853. The third kappa shape index (κ3) is 3.45. The Morgan fingerprint density at radius 2 is 1.71 bits per heavy atom. The predicted molar refractivity (Wildman–Crippen MR) is 72.3 cm³/mol. The van der Waals surface area contributed by atoms with Gasteiger partial charge in [-0.3, -0.25) is 4.79 Å². The maximum absolute atomic E-state index is 12.1. The van der Waals surface area contributed by atoms with Crippen molar-refractivity contribution < 1.29 is 4.79 Å². The fourth-order valence-electron chi connectivity index (χ4n) is 2.19. The van der Waals surface area contributed by atoms with Crippen molar-refractivity contribution in [3.63, 3.8) is 0 Å². The normalized spacial score (nSPS) is 17.9. The largest absolute Gasteiger partial charge is 0.324 e. The molecule has 0 aromatic heterocycles. The van der Waals surface area contributed by atoms with Crippen LogP contribution < -0.4 is 11.1 Å². The average molecular weight is 255 g/mol. The summed E-state index contributed by atoms with van der Waals surface area (Å²) in [5, 5.41) is 2.89. The van der Waals surface area contributed by atoms with Gasteiger partial charge in [0.25, 0.3) is 0 Å². The Morgan fingerprint density at radius 1 is 1.12 bits per heavy atom. The van der Waals surface area contributed by atoms with E-state index in [1.807, 2.05) is 30.3 Å². The van der Waals surface area contributed by atoms with E-state index in [1.165, 1.54) is 6.42 Å². The first-order chi connectivity index (χ1) is 7.71. The lowest BCUT2D eigenvalue weighted by molar-refractivity contribution is -0.122. The maximum Gasteiger partial charge on any atom is 0.244 e. The minimum atomic E-state index is -0.659. The number of anilines is 1. The van der Waals surface area contributed by atoms with Crippen LogP contribution in [0.15, 0.2) is 30.3 Å². The van der Waals surface area contributed by atoms with Crippen LogP contribution in [0, 0.1) is 0 Å². The highest BCUT2D eigenvalue weighted by Gasteiger charge is 2.35. The summed E-state index contributed by atoms with van der Waals surface area (Å²) in [7, 11) is 0. The first-order valence-corrected chi connectivity index (χ1v) is 5.86. The van der Waals surface area contributed by atoms with E-state index in [2.05, 4.69) is 5.32 Å². The second-order valence-corrected chi connectivity index (χ2v) is 4.54. The zero-order valence-electron chi connectivity index (χ0n) is 9.82. The Balaban J connectivity index is 0.00000144. The van der Waals surface area contributed by atoms with E-state index < -0.39 is 5.54 Å². The molecule has 3 N–H and O–H groups in total. The predicted octanol–water partition coefficient (Wildman–Crippen LogP) is 2.71. The van der Waals surface area contributed by atoms with Crippen molar-refractivity contribution in [2.75, 3.05) is 5.32 Å². The van der Waals surface area contributed by atoms with Crippen molar-refractivity contribution >= 4 is 24.0 Å². The van der Waals surface area contributed by atoms with Gasteiger partial charge in [0.2, 0.25) is 5.91 Å². The van der Waals surface area contributed by atoms with E-state index in [9.17, 15) is 4.79 Å². The molecule has 1 amide bonds. The third-order valence-electron chi connectivity index (χ3n) is 3.23. The fraction of sp³-hybridized carbons (Fsp3) is 0.462. The first kappa shape index (κ1) is 14.0. The number of carbonyl (C=O) groups excluding carboxylic acids is 1. The topological polar surface area (TPSA) is 55.1 Å². The van der Waals surface area contributed by atoms with Gasteiger partial charge >= 0.3 is 0 Å². The van der Waals surface area contributed by atoms with Crippen LogP contribution >= 0.6 is 12.4 Å². The van der Waals surface area contributed by atoms with E-state index in [0.29, 0.717) is 0 Å². The number of benzene rings is 1. The molecule has 0 saturated heterocycles.